The van der Waals surface area contributed by atoms with E-state index in [2.05, 4.69) is 32.2 Å². The van der Waals surface area contributed by atoms with E-state index in [1.54, 1.807) is 47.6 Å². The molecular weight excluding hydrogens is 430 g/mol. The Morgan fingerprint density at radius 1 is 1.24 bits per heavy atom. The average molecular weight is 452 g/mol. The molecule has 1 amide bonds. The summed E-state index contributed by atoms with van der Waals surface area (Å²) in [5.74, 6) is -3.60. The molecule has 4 rings (SSSR count). The summed E-state index contributed by atoms with van der Waals surface area (Å²) in [6.45, 7) is 4.96. The van der Waals surface area contributed by atoms with Gasteiger partial charge in [-0.25, -0.2) is 13.8 Å². The highest BCUT2D eigenvalue weighted by atomic mass is 19.3. The van der Waals surface area contributed by atoms with Gasteiger partial charge in [0.2, 0.25) is 11.9 Å². The molecule has 0 fully saturated rings. The number of carbonyl (C=O) groups excluding carboxylic acids is 1. The van der Waals surface area contributed by atoms with Gasteiger partial charge in [0.1, 0.15) is 11.6 Å². The van der Waals surface area contributed by atoms with Crippen molar-refractivity contribution in [3.8, 4) is 5.75 Å². The van der Waals surface area contributed by atoms with Gasteiger partial charge in [-0.1, -0.05) is 13.5 Å². The van der Waals surface area contributed by atoms with Crippen molar-refractivity contribution in [3.05, 3.63) is 67.1 Å². The van der Waals surface area contributed by atoms with Crippen LogP contribution in [0.3, 0.4) is 0 Å². The lowest BCUT2D eigenvalue weighted by atomic mass is 9.92. The predicted molar refractivity (Wildman–Crippen MR) is 121 cm³/mol. The number of hydrogen-bond donors (Lipinski definition) is 2. The Kier molecular flexibility index (Phi) is 5.91. The lowest BCUT2D eigenvalue weighted by Gasteiger charge is -2.38. The number of aromatic nitrogens is 3. The minimum absolute atomic E-state index is 0.0511. The standard InChI is InChI=1S/C23H22F2N6O2/c1-4-20(32)28-15-5-7-17(8-6-15)31-13-14(2)23(24,25)19-12-27-22(30-21(19)31)29-16-9-18(33-3)11-26-10-16/h4-12,14H,1,13H2,2-3H3,(H,28,32)(H,27,29,30). The number of rotatable bonds is 6. The quantitative estimate of drug-likeness (QED) is 0.527. The van der Waals surface area contributed by atoms with Crippen LogP contribution in [0.15, 0.2) is 61.6 Å². The van der Waals surface area contributed by atoms with E-state index < -0.39 is 11.8 Å². The first-order valence-electron chi connectivity index (χ1n) is 10.1. The number of alkyl halides is 2. The molecule has 0 radical (unpaired) electrons. The second kappa shape index (κ2) is 8.81. The van der Waals surface area contributed by atoms with Crippen molar-refractivity contribution in [2.75, 3.05) is 29.2 Å². The average Bonchev–Trinajstić information content (AvgIpc) is 2.82. The second-order valence-electron chi connectivity index (χ2n) is 7.54. The van der Waals surface area contributed by atoms with Gasteiger partial charge in [0, 0.05) is 36.1 Å². The van der Waals surface area contributed by atoms with Crippen molar-refractivity contribution < 1.29 is 18.3 Å². The molecule has 2 aromatic heterocycles. The number of fused-ring (bicyclic) bond motifs is 1. The molecule has 3 aromatic rings. The summed E-state index contributed by atoms with van der Waals surface area (Å²) in [5.41, 5.74) is 1.52. The summed E-state index contributed by atoms with van der Waals surface area (Å²) in [6.07, 6.45) is 5.42. The Morgan fingerprint density at radius 3 is 2.70 bits per heavy atom. The van der Waals surface area contributed by atoms with Gasteiger partial charge in [-0.2, -0.15) is 4.98 Å². The summed E-state index contributed by atoms with van der Waals surface area (Å²) >= 11 is 0. The molecule has 0 bridgehead atoms. The van der Waals surface area contributed by atoms with E-state index >= 15 is 0 Å². The highest BCUT2D eigenvalue weighted by Gasteiger charge is 2.47. The molecule has 2 N–H and O–H groups in total. The van der Waals surface area contributed by atoms with E-state index in [1.807, 2.05) is 0 Å². The molecule has 10 heteroatoms. The molecule has 0 saturated heterocycles. The largest absolute Gasteiger partial charge is 0.495 e. The zero-order valence-corrected chi connectivity index (χ0v) is 18.0. The van der Waals surface area contributed by atoms with Crippen LogP contribution in [-0.4, -0.2) is 34.5 Å². The number of halogens is 2. The Balaban J connectivity index is 1.69. The number of nitrogens with zero attached hydrogens (tertiary/aromatic N) is 4. The maximum Gasteiger partial charge on any atom is 0.282 e. The molecular formula is C23H22F2N6O2. The molecule has 8 nitrogen and oxygen atoms in total. The third-order valence-corrected chi connectivity index (χ3v) is 5.30. The van der Waals surface area contributed by atoms with Crippen molar-refractivity contribution in [3.63, 3.8) is 0 Å². The third-order valence-electron chi connectivity index (χ3n) is 5.30. The maximum absolute atomic E-state index is 15.0. The van der Waals surface area contributed by atoms with E-state index in [4.69, 9.17) is 4.74 Å². The molecule has 1 aromatic carbocycles. The van der Waals surface area contributed by atoms with E-state index in [0.717, 1.165) is 6.20 Å². The van der Waals surface area contributed by atoms with Crippen LogP contribution in [0.5, 0.6) is 5.75 Å². The van der Waals surface area contributed by atoms with E-state index in [9.17, 15) is 13.6 Å². The fourth-order valence-corrected chi connectivity index (χ4v) is 3.49. The van der Waals surface area contributed by atoms with Crippen LogP contribution in [0.2, 0.25) is 0 Å². The van der Waals surface area contributed by atoms with Gasteiger partial charge in [-0.3, -0.25) is 9.78 Å². The van der Waals surface area contributed by atoms with Crippen LogP contribution in [0, 0.1) is 5.92 Å². The van der Waals surface area contributed by atoms with Gasteiger partial charge in [-0.15, -0.1) is 0 Å². The number of pyridine rings is 1. The van der Waals surface area contributed by atoms with Gasteiger partial charge < -0.3 is 20.3 Å². The van der Waals surface area contributed by atoms with Crippen molar-refractivity contribution in [2.24, 2.45) is 5.92 Å². The lowest BCUT2D eigenvalue weighted by molar-refractivity contribution is -0.111. The molecule has 1 aliphatic rings. The molecule has 170 valence electrons. The maximum atomic E-state index is 15.0. The molecule has 1 aliphatic heterocycles. The van der Waals surface area contributed by atoms with Gasteiger partial charge in [0.05, 0.1) is 30.8 Å². The Bertz CT molecular complexity index is 1190. The number of hydrogen-bond acceptors (Lipinski definition) is 7. The molecule has 1 unspecified atom stereocenters. The lowest BCUT2D eigenvalue weighted by Crippen LogP contribution is -2.41. The number of ether oxygens (including phenoxy) is 1. The first-order valence-corrected chi connectivity index (χ1v) is 10.1. The number of carbonyl (C=O) groups is 1. The molecule has 0 saturated carbocycles. The van der Waals surface area contributed by atoms with Crippen LogP contribution in [0.25, 0.3) is 0 Å². The van der Waals surface area contributed by atoms with Crippen LogP contribution in [0.4, 0.5) is 37.6 Å². The number of methoxy groups -OCH3 is 1. The highest BCUT2D eigenvalue weighted by Crippen LogP contribution is 2.47. The van der Waals surface area contributed by atoms with E-state index in [1.165, 1.54) is 20.1 Å². The SMILES string of the molecule is C=CC(=O)Nc1ccc(N2CC(C)C(F)(F)c3cnc(Nc4cncc(OC)c4)nc32)cc1. The van der Waals surface area contributed by atoms with Crippen molar-refractivity contribution in [1.29, 1.82) is 0 Å². The van der Waals surface area contributed by atoms with Crippen molar-refractivity contribution in [1.82, 2.24) is 15.0 Å². The number of anilines is 5. The summed E-state index contributed by atoms with van der Waals surface area (Å²) in [7, 11) is 1.52. The normalized spacial score (nSPS) is 16.5. The summed E-state index contributed by atoms with van der Waals surface area (Å²) in [4.78, 5) is 25.8. The van der Waals surface area contributed by atoms with Crippen LogP contribution in [-0.2, 0) is 10.7 Å². The zero-order chi connectivity index (χ0) is 23.6. The fourth-order valence-electron chi connectivity index (χ4n) is 3.49. The van der Waals surface area contributed by atoms with Gasteiger partial charge in [-0.05, 0) is 30.3 Å². The summed E-state index contributed by atoms with van der Waals surface area (Å²) < 4.78 is 35.1. The Labute approximate surface area is 189 Å². The van der Waals surface area contributed by atoms with Crippen LogP contribution >= 0.6 is 0 Å². The number of amides is 1. The molecule has 0 spiro atoms. The summed E-state index contributed by atoms with van der Waals surface area (Å²) in [6, 6.07) is 8.55. The van der Waals surface area contributed by atoms with Gasteiger partial charge in [0.25, 0.3) is 5.92 Å². The van der Waals surface area contributed by atoms with E-state index in [-0.39, 0.29) is 29.8 Å². The Hall–Kier alpha value is -4.08. The van der Waals surface area contributed by atoms with E-state index in [0.29, 0.717) is 22.8 Å². The highest BCUT2D eigenvalue weighted by molar-refractivity contribution is 5.99. The third kappa shape index (κ3) is 4.45. The number of nitrogens with one attached hydrogen (secondary N) is 2. The minimum atomic E-state index is -3.08. The topological polar surface area (TPSA) is 92.3 Å². The molecule has 33 heavy (non-hydrogen) atoms. The van der Waals surface area contributed by atoms with Gasteiger partial charge in [0.15, 0.2) is 0 Å². The molecule has 3 heterocycles. The Morgan fingerprint density at radius 2 is 2.00 bits per heavy atom. The first-order chi connectivity index (χ1) is 15.8. The molecule has 1 atom stereocenters. The minimum Gasteiger partial charge on any atom is -0.495 e. The first kappa shape index (κ1) is 22.1. The van der Waals surface area contributed by atoms with Crippen LogP contribution in [0.1, 0.15) is 12.5 Å². The van der Waals surface area contributed by atoms with Gasteiger partial charge >= 0.3 is 0 Å². The van der Waals surface area contributed by atoms with Crippen molar-refractivity contribution >= 4 is 34.7 Å². The summed E-state index contributed by atoms with van der Waals surface area (Å²) in [5, 5.41) is 5.64. The van der Waals surface area contributed by atoms with Crippen molar-refractivity contribution in [2.45, 2.75) is 12.8 Å². The smallest absolute Gasteiger partial charge is 0.282 e. The van der Waals surface area contributed by atoms with Crippen LogP contribution < -0.4 is 20.3 Å². The second-order valence-corrected chi connectivity index (χ2v) is 7.54. The predicted octanol–water partition coefficient (Wildman–Crippen LogP) is 4.63. The monoisotopic (exact) mass is 452 g/mol. The number of benzene rings is 1. The fraction of sp³-hybridized carbons (Fsp3) is 0.217. The zero-order valence-electron chi connectivity index (χ0n) is 18.0. The molecule has 0 aliphatic carbocycles.